The second kappa shape index (κ2) is 5.63. The van der Waals surface area contributed by atoms with E-state index in [1.165, 1.54) is 0 Å². The number of hydrogen-bond acceptors (Lipinski definition) is 3. The Balaban J connectivity index is 1.72. The molecule has 3 rings (SSSR count). The van der Waals surface area contributed by atoms with Gasteiger partial charge in [0.05, 0.1) is 11.2 Å². The van der Waals surface area contributed by atoms with Gasteiger partial charge in [-0.15, -0.1) is 0 Å². The number of hydrogen-bond donors (Lipinski definition) is 2. The average molecular weight is 277 g/mol. The van der Waals surface area contributed by atoms with E-state index in [1.54, 1.807) is 24.3 Å². The van der Waals surface area contributed by atoms with Crippen LogP contribution in [0.15, 0.2) is 60.7 Å². The molecule has 4 heteroatoms. The number of benzene rings is 2. The number of nitrogen functional groups attached to an aromatic ring is 1. The minimum atomic E-state index is 0.0535. The van der Waals surface area contributed by atoms with Crippen LogP contribution in [0.1, 0.15) is 11.3 Å². The molecule has 4 nitrogen and oxygen atoms in total. The van der Waals surface area contributed by atoms with Crippen LogP contribution in [0.4, 0.5) is 0 Å². The first-order valence-electron chi connectivity index (χ1n) is 6.64. The monoisotopic (exact) mass is 277 g/mol. The normalized spacial score (nSPS) is 10.5. The summed E-state index contributed by atoms with van der Waals surface area (Å²) in [6, 6.07) is 19.1. The molecule has 0 aliphatic heterocycles. The first-order valence-corrected chi connectivity index (χ1v) is 6.64. The third-order valence-electron chi connectivity index (χ3n) is 3.21. The minimum absolute atomic E-state index is 0.0535. The first kappa shape index (κ1) is 13.1. The van der Waals surface area contributed by atoms with Gasteiger partial charge in [-0.2, -0.15) is 0 Å². The van der Waals surface area contributed by atoms with Crippen molar-refractivity contribution in [2.45, 2.75) is 6.61 Å². The Bertz CT molecular complexity index is 781. The number of nitrogens with zero attached hydrogens (tertiary/aromatic N) is 1. The van der Waals surface area contributed by atoms with Crippen molar-refractivity contribution in [2.24, 2.45) is 5.73 Å². The summed E-state index contributed by atoms with van der Waals surface area (Å²) in [4.78, 5) is 4.56. The molecular formula is C17H15N3O. The Morgan fingerprint density at radius 2 is 1.76 bits per heavy atom. The quantitative estimate of drug-likeness (QED) is 0.568. The Labute approximate surface area is 122 Å². The van der Waals surface area contributed by atoms with Gasteiger partial charge in [0, 0.05) is 10.9 Å². The van der Waals surface area contributed by atoms with Gasteiger partial charge in [-0.25, -0.2) is 4.98 Å². The standard InChI is InChI=1S/C17H15N3O/c18-17(19)13-6-9-15(10-7-13)21-11-14-8-5-12-3-1-2-4-16(12)20-14/h1-10H,11H2,(H3,18,19). The van der Waals surface area contributed by atoms with Gasteiger partial charge in [-0.05, 0) is 36.4 Å². The predicted molar refractivity (Wildman–Crippen MR) is 83.5 cm³/mol. The summed E-state index contributed by atoms with van der Waals surface area (Å²) in [6.07, 6.45) is 0. The topological polar surface area (TPSA) is 72.0 Å². The van der Waals surface area contributed by atoms with E-state index in [1.807, 2.05) is 36.4 Å². The van der Waals surface area contributed by atoms with Gasteiger partial charge < -0.3 is 10.5 Å². The molecule has 3 N–H and O–H groups in total. The number of ether oxygens (including phenoxy) is 1. The van der Waals surface area contributed by atoms with Crippen LogP contribution < -0.4 is 10.5 Å². The third kappa shape index (κ3) is 3.00. The Hall–Kier alpha value is -2.88. The fourth-order valence-electron chi connectivity index (χ4n) is 2.08. The van der Waals surface area contributed by atoms with Crippen LogP contribution in [0.2, 0.25) is 0 Å². The van der Waals surface area contributed by atoms with Crippen molar-refractivity contribution in [1.29, 1.82) is 5.41 Å². The van der Waals surface area contributed by atoms with Gasteiger partial charge in [0.25, 0.3) is 0 Å². The number of aromatic nitrogens is 1. The molecule has 0 bridgehead atoms. The molecule has 0 unspecified atom stereocenters. The Kier molecular flexibility index (Phi) is 3.51. The van der Waals surface area contributed by atoms with Crippen molar-refractivity contribution in [2.75, 3.05) is 0 Å². The van der Waals surface area contributed by atoms with Crippen LogP contribution in [0.5, 0.6) is 5.75 Å². The van der Waals surface area contributed by atoms with Crippen LogP contribution in [0.3, 0.4) is 0 Å². The van der Waals surface area contributed by atoms with Gasteiger partial charge >= 0.3 is 0 Å². The lowest BCUT2D eigenvalue weighted by atomic mass is 10.2. The van der Waals surface area contributed by atoms with Crippen LogP contribution in [-0.2, 0) is 6.61 Å². The van der Waals surface area contributed by atoms with E-state index in [0.717, 1.165) is 22.3 Å². The molecule has 0 radical (unpaired) electrons. The number of nitrogens with two attached hydrogens (primary N) is 1. The fourth-order valence-corrected chi connectivity index (χ4v) is 2.08. The number of amidine groups is 1. The Morgan fingerprint density at radius 3 is 2.52 bits per heavy atom. The van der Waals surface area contributed by atoms with E-state index < -0.39 is 0 Å². The zero-order valence-electron chi connectivity index (χ0n) is 11.4. The fraction of sp³-hybridized carbons (Fsp3) is 0.0588. The second-order valence-corrected chi connectivity index (χ2v) is 4.72. The molecule has 0 spiro atoms. The number of para-hydroxylation sites is 1. The van der Waals surface area contributed by atoms with Gasteiger partial charge in [-0.3, -0.25) is 5.41 Å². The molecule has 3 aromatic rings. The number of pyridine rings is 1. The molecule has 2 aromatic carbocycles. The summed E-state index contributed by atoms with van der Waals surface area (Å²) in [7, 11) is 0. The summed E-state index contributed by atoms with van der Waals surface area (Å²) in [5.74, 6) is 0.785. The van der Waals surface area contributed by atoms with Crippen LogP contribution in [-0.4, -0.2) is 10.8 Å². The van der Waals surface area contributed by atoms with Gasteiger partial charge in [0.15, 0.2) is 0 Å². The molecule has 1 aromatic heterocycles. The van der Waals surface area contributed by atoms with Gasteiger partial charge in [-0.1, -0.05) is 24.3 Å². The van der Waals surface area contributed by atoms with Crippen LogP contribution >= 0.6 is 0 Å². The lowest BCUT2D eigenvalue weighted by Crippen LogP contribution is -2.10. The molecule has 0 fully saturated rings. The van der Waals surface area contributed by atoms with Crippen molar-refractivity contribution in [3.05, 3.63) is 71.9 Å². The Morgan fingerprint density at radius 1 is 1.00 bits per heavy atom. The van der Waals surface area contributed by atoms with Crippen LogP contribution in [0.25, 0.3) is 10.9 Å². The SMILES string of the molecule is N=C(N)c1ccc(OCc2ccc3ccccc3n2)cc1. The molecule has 0 aliphatic rings. The molecule has 104 valence electrons. The van der Waals surface area contributed by atoms with E-state index in [2.05, 4.69) is 4.98 Å². The maximum Gasteiger partial charge on any atom is 0.130 e. The van der Waals surface area contributed by atoms with E-state index in [-0.39, 0.29) is 5.84 Å². The zero-order valence-corrected chi connectivity index (χ0v) is 11.4. The van der Waals surface area contributed by atoms with Crippen LogP contribution in [0, 0.1) is 5.41 Å². The van der Waals surface area contributed by atoms with Gasteiger partial charge in [0.1, 0.15) is 18.2 Å². The maximum absolute atomic E-state index is 7.35. The van der Waals surface area contributed by atoms with Gasteiger partial charge in [0.2, 0.25) is 0 Å². The van der Waals surface area contributed by atoms with Crippen molar-refractivity contribution >= 4 is 16.7 Å². The van der Waals surface area contributed by atoms with E-state index in [4.69, 9.17) is 15.9 Å². The molecule has 0 amide bonds. The highest BCUT2D eigenvalue weighted by Crippen LogP contribution is 2.15. The molecule has 0 saturated heterocycles. The summed E-state index contributed by atoms with van der Waals surface area (Å²) in [5.41, 5.74) is 7.94. The molecule has 1 heterocycles. The molecular weight excluding hydrogens is 262 g/mol. The first-order chi connectivity index (χ1) is 10.2. The molecule has 0 saturated carbocycles. The lowest BCUT2D eigenvalue weighted by Gasteiger charge is -2.07. The summed E-state index contributed by atoms with van der Waals surface area (Å²) >= 11 is 0. The van der Waals surface area contributed by atoms with Crippen molar-refractivity contribution in [1.82, 2.24) is 4.98 Å². The third-order valence-corrected chi connectivity index (χ3v) is 3.21. The van der Waals surface area contributed by atoms with Crippen molar-refractivity contribution in [3.8, 4) is 5.75 Å². The number of fused-ring (bicyclic) bond motifs is 1. The predicted octanol–water partition coefficient (Wildman–Crippen LogP) is 3.10. The lowest BCUT2D eigenvalue weighted by molar-refractivity contribution is 0.302. The molecule has 21 heavy (non-hydrogen) atoms. The number of rotatable bonds is 4. The highest BCUT2D eigenvalue weighted by molar-refractivity contribution is 5.94. The number of nitrogens with one attached hydrogen (secondary N) is 1. The molecule has 0 atom stereocenters. The van der Waals surface area contributed by atoms with E-state index in [0.29, 0.717) is 12.2 Å². The minimum Gasteiger partial charge on any atom is -0.487 e. The summed E-state index contributed by atoms with van der Waals surface area (Å²) in [5, 5.41) is 8.46. The van der Waals surface area contributed by atoms with E-state index in [9.17, 15) is 0 Å². The smallest absolute Gasteiger partial charge is 0.130 e. The summed E-state index contributed by atoms with van der Waals surface area (Å²) in [6.45, 7) is 0.407. The molecule has 0 aliphatic carbocycles. The highest BCUT2D eigenvalue weighted by atomic mass is 16.5. The van der Waals surface area contributed by atoms with Crippen molar-refractivity contribution in [3.63, 3.8) is 0 Å². The highest BCUT2D eigenvalue weighted by Gasteiger charge is 2.01. The maximum atomic E-state index is 7.35. The second-order valence-electron chi connectivity index (χ2n) is 4.72. The largest absolute Gasteiger partial charge is 0.487 e. The van der Waals surface area contributed by atoms with E-state index >= 15 is 0 Å². The van der Waals surface area contributed by atoms with Crippen molar-refractivity contribution < 1.29 is 4.74 Å². The average Bonchev–Trinajstić information content (AvgIpc) is 2.53. The zero-order chi connectivity index (χ0) is 14.7. The summed E-state index contributed by atoms with van der Waals surface area (Å²) < 4.78 is 5.70.